The summed E-state index contributed by atoms with van der Waals surface area (Å²) in [7, 11) is 1.56. The molecule has 130 valence electrons. The zero-order valence-corrected chi connectivity index (χ0v) is 14.2. The zero-order chi connectivity index (χ0) is 17.8. The van der Waals surface area contributed by atoms with Gasteiger partial charge in [-0.05, 0) is 29.7 Å². The van der Waals surface area contributed by atoms with Crippen molar-refractivity contribution in [1.82, 2.24) is 10.3 Å². The lowest BCUT2D eigenvalue weighted by molar-refractivity contribution is 0.0877. The molecule has 0 unspecified atom stereocenters. The third-order valence-electron chi connectivity index (χ3n) is 4.01. The average Bonchev–Trinajstić information content (AvgIpc) is 3.10. The summed E-state index contributed by atoms with van der Waals surface area (Å²) in [4.78, 5) is 27.4. The number of hydrogen-bond donors (Lipinski definition) is 2. The standard InChI is InChI=1S/C19H20N2O4/c1-3-13-8-9-17(25-13)16(11-24-2)21-19(23)15-10-12-6-4-5-7-14(12)18(22)20-15/h4-10,16H,3,11H2,1-2H3,(H,20,22)(H,21,23)/t16-/m1/s1. The summed E-state index contributed by atoms with van der Waals surface area (Å²) in [6.45, 7) is 2.26. The second kappa shape index (κ2) is 7.36. The SMILES string of the molecule is CCc1ccc([C@@H](COC)NC(=O)c2cc3ccccc3c(=O)[nH]2)o1. The van der Waals surface area contributed by atoms with Crippen LogP contribution >= 0.6 is 0 Å². The molecule has 0 aliphatic heterocycles. The Bertz CT molecular complexity index is 942. The maximum absolute atomic E-state index is 12.6. The molecular formula is C19H20N2O4. The number of aryl methyl sites for hydroxylation is 1. The van der Waals surface area contributed by atoms with E-state index in [4.69, 9.17) is 9.15 Å². The monoisotopic (exact) mass is 340 g/mol. The number of furan rings is 1. The predicted octanol–water partition coefficient (Wildman–Crippen LogP) is 2.80. The van der Waals surface area contributed by atoms with Gasteiger partial charge in [-0.3, -0.25) is 9.59 Å². The number of fused-ring (bicyclic) bond motifs is 1. The number of ether oxygens (including phenoxy) is 1. The Kier molecular flexibility index (Phi) is 5.00. The average molecular weight is 340 g/mol. The highest BCUT2D eigenvalue weighted by Crippen LogP contribution is 2.18. The fourth-order valence-corrected chi connectivity index (χ4v) is 2.70. The molecule has 0 aliphatic rings. The number of carbonyl (C=O) groups is 1. The second-order valence-electron chi connectivity index (χ2n) is 5.74. The summed E-state index contributed by atoms with van der Waals surface area (Å²) >= 11 is 0. The number of H-pyrrole nitrogens is 1. The minimum Gasteiger partial charge on any atom is -0.464 e. The highest BCUT2D eigenvalue weighted by Gasteiger charge is 2.20. The van der Waals surface area contributed by atoms with Crippen LogP contribution in [0.2, 0.25) is 0 Å². The van der Waals surface area contributed by atoms with Gasteiger partial charge < -0.3 is 19.5 Å². The number of pyridine rings is 1. The van der Waals surface area contributed by atoms with E-state index in [1.807, 2.05) is 25.1 Å². The predicted molar refractivity (Wildman–Crippen MR) is 94.7 cm³/mol. The molecule has 25 heavy (non-hydrogen) atoms. The maximum Gasteiger partial charge on any atom is 0.268 e. The number of amides is 1. The number of methoxy groups -OCH3 is 1. The van der Waals surface area contributed by atoms with Gasteiger partial charge in [-0.25, -0.2) is 0 Å². The quantitative estimate of drug-likeness (QED) is 0.723. The van der Waals surface area contributed by atoms with Crippen molar-refractivity contribution < 1.29 is 13.9 Å². The summed E-state index contributed by atoms with van der Waals surface area (Å²) in [5.74, 6) is 1.07. The molecule has 0 aliphatic carbocycles. The van der Waals surface area contributed by atoms with E-state index in [-0.39, 0.29) is 23.8 Å². The van der Waals surface area contributed by atoms with Gasteiger partial charge >= 0.3 is 0 Å². The molecule has 2 N–H and O–H groups in total. The number of nitrogens with one attached hydrogen (secondary N) is 2. The molecule has 2 aromatic heterocycles. The molecule has 1 aromatic carbocycles. The van der Waals surface area contributed by atoms with E-state index in [0.717, 1.165) is 12.2 Å². The van der Waals surface area contributed by atoms with Gasteiger partial charge in [0, 0.05) is 18.9 Å². The Morgan fingerprint density at radius 3 is 2.80 bits per heavy atom. The fourth-order valence-electron chi connectivity index (χ4n) is 2.70. The first-order chi connectivity index (χ1) is 12.1. The smallest absolute Gasteiger partial charge is 0.268 e. The number of rotatable bonds is 6. The molecule has 3 aromatic rings. The zero-order valence-electron chi connectivity index (χ0n) is 14.2. The first kappa shape index (κ1) is 17.0. The molecule has 0 saturated carbocycles. The molecule has 0 fully saturated rings. The largest absolute Gasteiger partial charge is 0.464 e. The van der Waals surface area contributed by atoms with Gasteiger partial charge in [0.1, 0.15) is 23.3 Å². The van der Waals surface area contributed by atoms with Crippen LogP contribution in [-0.2, 0) is 11.2 Å². The summed E-state index contributed by atoms with van der Waals surface area (Å²) in [6.07, 6.45) is 0.769. The van der Waals surface area contributed by atoms with Crippen molar-refractivity contribution in [2.45, 2.75) is 19.4 Å². The first-order valence-electron chi connectivity index (χ1n) is 8.13. The van der Waals surface area contributed by atoms with Crippen LogP contribution < -0.4 is 10.9 Å². The minimum atomic E-state index is -0.437. The normalized spacial score (nSPS) is 12.2. The molecular weight excluding hydrogens is 320 g/mol. The number of aromatic nitrogens is 1. The van der Waals surface area contributed by atoms with Crippen molar-refractivity contribution >= 4 is 16.7 Å². The molecule has 2 heterocycles. The maximum atomic E-state index is 12.6. The van der Waals surface area contributed by atoms with Crippen LogP contribution in [0.1, 0.15) is 35.0 Å². The molecule has 0 bridgehead atoms. The van der Waals surface area contributed by atoms with Crippen LogP contribution in [0.4, 0.5) is 0 Å². The van der Waals surface area contributed by atoms with Gasteiger partial charge in [-0.15, -0.1) is 0 Å². The van der Waals surface area contributed by atoms with E-state index in [9.17, 15) is 9.59 Å². The molecule has 6 nitrogen and oxygen atoms in total. The van der Waals surface area contributed by atoms with Crippen molar-refractivity contribution in [3.63, 3.8) is 0 Å². The highest BCUT2D eigenvalue weighted by atomic mass is 16.5. The van der Waals surface area contributed by atoms with Gasteiger partial charge in [0.15, 0.2) is 0 Å². The number of aromatic amines is 1. The number of hydrogen-bond acceptors (Lipinski definition) is 4. The lowest BCUT2D eigenvalue weighted by Gasteiger charge is -2.16. The molecule has 1 atom stereocenters. The summed E-state index contributed by atoms with van der Waals surface area (Å²) in [5, 5.41) is 4.11. The van der Waals surface area contributed by atoms with E-state index in [1.165, 1.54) is 0 Å². The third kappa shape index (κ3) is 3.64. The van der Waals surface area contributed by atoms with Crippen LogP contribution in [0.25, 0.3) is 10.8 Å². The second-order valence-corrected chi connectivity index (χ2v) is 5.74. The van der Waals surface area contributed by atoms with Crippen molar-refractivity contribution in [2.75, 3.05) is 13.7 Å². The Morgan fingerprint density at radius 1 is 1.28 bits per heavy atom. The van der Waals surface area contributed by atoms with Crippen molar-refractivity contribution in [3.05, 3.63) is 70.0 Å². The van der Waals surface area contributed by atoms with Crippen LogP contribution in [0.5, 0.6) is 0 Å². The summed E-state index contributed by atoms with van der Waals surface area (Å²) in [6, 6.07) is 12.1. The molecule has 1 amide bonds. The van der Waals surface area contributed by atoms with E-state index in [1.54, 1.807) is 31.4 Å². The van der Waals surface area contributed by atoms with Gasteiger partial charge in [0.05, 0.1) is 6.61 Å². The van der Waals surface area contributed by atoms with E-state index < -0.39 is 6.04 Å². The van der Waals surface area contributed by atoms with E-state index in [0.29, 0.717) is 16.5 Å². The van der Waals surface area contributed by atoms with Crippen LogP contribution in [0.3, 0.4) is 0 Å². The molecule has 6 heteroatoms. The Labute approximate surface area is 144 Å². The number of benzene rings is 1. The van der Waals surface area contributed by atoms with E-state index in [2.05, 4.69) is 10.3 Å². The van der Waals surface area contributed by atoms with Crippen LogP contribution in [0.15, 0.2) is 51.7 Å². The molecule has 0 spiro atoms. The fraction of sp³-hybridized carbons (Fsp3) is 0.263. The lowest BCUT2D eigenvalue weighted by atomic mass is 10.1. The summed E-state index contributed by atoms with van der Waals surface area (Å²) < 4.78 is 10.9. The van der Waals surface area contributed by atoms with Gasteiger partial charge in [0.25, 0.3) is 11.5 Å². The van der Waals surface area contributed by atoms with Gasteiger partial charge in [-0.1, -0.05) is 25.1 Å². The molecule has 0 saturated heterocycles. The summed E-state index contributed by atoms with van der Waals surface area (Å²) in [5.41, 5.74) is -0.0927. The van der Waals surface area contributed by atoms with E-state index >= 15 is 0 Å². The van der Waals surface area contributed by atoms with Gasteiger partial charge in [-0.2, -0.15) is 0 Å². The lowest BCUT2D eigenvalue weighted by Crippen LogP contribution is -2.32. The Balaban J connectivity index is 1.87. The highest BCUT2D eigenvalue weighted by molar-refractivity contribution is 5.96. The van der Waals surface area contributed by atoms with Crippen LogP contribution in [-0.4, -0.2) is 24.6 Å². The molecule has 0 radical (unpaired) electrons. The topological polar surface area (TPSA) is 84.3 Å². The Hall–Kier alpha value is -2.86. The number of carbonyl (C=O) groups excluding carboxylic acids is 1. The van der Waals surface area contributed by atoms with Crippen molar-refractivity contribution in [1.29, 1.82) is 0 Å². The Morgan fingerprint density at radius 2 is 2.08 bits per heavy atom. The van der Waals surface area contributed by atoms with Gasteiger partial charge in [0.2, 0.25) is 0 Å². The minimum absolute atomic E-state index is 0.201. The van der Waals surface area contributed by atoms with Crippen LogP contribution in [0, 0.1) is 0 Å². The van der Waals surface area contributed by atoms with Crippen molar-refractivity contribution in [3.8, 4) is 0 Å². The molecule has 3 rings (SSSR count). The first-order valence-corrected chi connectivity index (χ1v) is 8.13. The van der Waals surface area contributed by atoms with Crippen molar-refractivity contribution in [2.24, 2.45) is 0 Å². The third-order valence-corrected chi connectivity index (χ3v) is 4.01.